The third kappa shape index (κ3) is 4.80. The molecule has 0 saturated carbocycles. The van der Waals surface area contributed by atoms with Crippen molar-refractivity contribution in [2.75, 3.05) is 13.6 Å². The fraction of sp³-hybridized carbons (Fsp3) is 0.429. The Kier molecular flexibility index (Phi) is 6.31. The van der Waals surface area contributed by atoms with Crippen molar-refractivity contribution in [1.29, 1.82) is 5.26 Å². The van der Waals surface area contributed by atoms with Gasteiger partial charge in [0.15, 0.2) is 0 Å². The van der Waals surface area contributed by atoms with Gasteiger partial charge in [-0.3, -0.25) is 4.79 Å². The van der Waals surface area contributed by atoms with E-state index in [1.165, 1.54) is 5.56 Å². The van der Waals surface area contributed by atoms with Gasteiger partial charge in [-0.05, 0) is 12.5 Å². The van der Waals surface area contributed by atoms with E-state index < -0.39 is 0 Å². The van der Waals surface area contributed by atoms with E-state index in [-0.39, 0.29) is 11.2 Å². The van der Waals surface area contributed by atoms with Crippen molar-refractivity contribution < 1.29 is 4.79 Å². The summed E-state index contributed by atoms with van der Waals surface area (Å²) < 4.78 is 0. The average molecular weight is 262 g/mol. The highest BCUT2D eigenvalue weighted by molar-refractivity contribution is 7.99. The minimum absolute atomic E-state index is 0.0751. The topological polar surface area (TPSA) is 44.1 Å². The van der Waals surface area contributed by atoms with Gasteiger partial charge in [-0.25, -0.2) is 0 Å². The molecule has 96 valence electrons. The van der Waals surface area contributed by atoms with Gasteiger partial charge in [0.05, 0.1) is 17.7 Å². The van der Waals surface area contributed by atoms with E-state index in [1.54, 1.807) is 23.7 Å². The fourth-order valence-electron chi connectivity index (χ4n) is 1.51. The summed E-state index contributed by atoms with van der Waals surface area (Å²) in [5, 5.41) is 8.42. The second kappa shape index (κ2) is 7.78. The zero-order chi connectivity index (χ0) is 13.4. The number of carbonyl (C=O) groups is 1. The molecule has 0 aliphatic rings. The lowest BCUT2D eigenvalue weighted by atomic mass is 10.2. The lowest BCUT2D eigenvalue weighted by Gasteiger charge is -2.20. The number of nitriles is 1. The Hall–Kier alpha value is -1.47. The van der Waals surface area contributed by atoms with Crippen molar-refractivity contribution in [3.8, 4) is 6.07 Å². The van der Waals surface area contributed by atoms with Crippen molar-refractivity contribution in [3.05, 3.63) is 35.9 Å². The molecule has 1 amide bonds. The maximum Gasteiger partial charge on any atom is 0.235 e. The number of hydrogen-bond acceptors (Lipinski definition) is 3. The van der Waals surface area contributed by atoms with Gasteiger partial charge in [0.2, 0.25) is 5.91 Å². The van der Waals surface area contributed by atoms with Crippen LogP contribution in [0.4, 0.5) is 0 Å². The van der Waals surface area contributed by atoms with Gasteiger partial charge in [0.25, 0.3) is 0 Å². The highest BCUT2D eigenvalue weighted by Gasteiger charge is 2.17. The Morgan fingerprint density at radius 3 is 2.72 bits per heavy atom. The van der Waals surface area contributed by atoms with Gasteiger partial charge >= 0.3 is 0 Å². The summed E-state index contributed by atoms with van der Waals surface area (Å²) in [4.78, 5) is 13.6. The van der Waals surface area contributed by atoms with Gasteiger partial charge < -0.3 is 4.90 Å². The number of hydrogen-bond donors (Lipinski definition) is 0. The van der Waals surface area contributed by atoms with Crippen LogP contribution in [0, 0.1) is 11.3 Å². The molecule has 1 rings (SSSR count). The first kappa shape index (κ1) is 14.6. The average Bonchev–Trinajstić information content (AvgIpc) is 2.42. The molecule has 0 radical (unpaired) electrons. The van der Waals surface area contributed by atoms with Crippen LogP contribution in [0.2, 0.25) is 0 Å². The predicted octanol–water partition coefficient (Wildman–Crippen LogP) is 2.68. The molecular formula is C14H18N2OS. The number of benzene rings is 1. The molecule has 1 unspecified atom stereocenters. The third-order valence-electron chi connectivity index (χ3n) is 2.63. The van der Waals surface area contributed by atoms with E-state index in [2.05, 4.69) is 12.1 Å². The maximum absolute atomic E-state index is 12.0. The van der Waals surface area contributed by atoms with E-state index in [0.29, 0.717) is 13.0 Å². The first-order chi connectivity index (χ1) is 8.65. The van der Waals surface area contributed by atoms with Crippen LogP contribution in [-0.2, 0) is 10.5 Å². The van der Waals surface area contributed by atoms with Crippen LogP contribution in [0.5, 0.6) is 0 Å². The van der Waals surface area contributed by atoms with Crippen LogP contribution in [0.25, 0.3) is 0 Å². The van der Waals surface area contributed by atoms with Crippen LogP contribution in [0.1, 0.15) is 18.9 Å². The quantitative estimate of drug-likeness (QED) is 0.791. The summed E-state index contributed by atoms with van der Waals surface area (Å²) in [5.74, 6) is 0.922. The molecular weight excluding hydrogens is 244 g/mol. The lowest BCUT2D eigenvalue weighted by Crippen LogP contribution is -2.33. The van der Waals surface area contributed by atoms with Crippen molar-refractivity contribution in [2.45, 2.75) is 24.3 Å². The highest BCUT2D eigenvalue weighted by atomic mass is 32.2. The normalized spacial score (nSPS) is 11.6. The second-order valence-electron chi connectivity index (χ2n) is 4.11. The molecule has 1 aromatic rings. The van der Waals surface area contributed by atoms with E-state index >= 15 is 0 Å². The monoisotopic (exact) mass is 262 g/mol. The molecule has 0 heterocycles. The Labute approximate surface area is 113 Å². The van der Waals surface area contributed by atoms with Crippen molar-refractivity contribution in [3.63, 3.8) is 0 Å². The Balaban J connectivity index is 2.38. The summed E-state index contributed by atoms with van der Waals surface area (Å²) in [6, 6.07) is 12.2. The summed E-state index contributed by atoms with van der Waals surface area (Å²) in [5.41, 5.74) is 1.22. The van der Waals surface area contributed by atoms with E-state index in [0.717, 1.165) is 5.75 Å². The molecule has 0 N–H and O–H groups in total. The molecule has 1 aromatic carbocycles. The summed E-state index contributed by atoms with van der Waals surface area (Å²) in [6.07, 6.45) is 0.387. The zero-order valence-corrected chi connectivity index (χ0v) is 11.6. The second-order valence-corrected chi connectivity index (χ2v) is 5.44. The van der Waals surface area contributed by atoms with Gasteiger partial charge in [-0.2, -0.15) is 5.26 Å². The molecule has 0 aliphatic carbocycles. The van der Waals surface area contributed by atoms with Crippen LogP contribution in [0.15, 0.2) is 30.3 Å². The number of carbonyl (C=O) groups excluding carboxylic acids is 1. The lowest BCUT2D eigenvalue weighted by molar-refractivity contribution is -0.128. The number of amides is 1. The maximum atomic E-state index is 12.0. The summed E-state index contributed by atoms with van der Waals surface area (Å²) in [7, 11) is 1.75. The van der Waals surface area contributed by atoms with Crippen LogP contribution < -0.4 is 0 Å². The van der Waals surface area contributed by atoms with Gasteiger partial charge in [0, 0.05) is 19.3 Å². The van der Waals surface area contributed by atoms with Gasteiger partial charge in [0.1, 0.15) is 0 Å². The van der Waals surface area contributed by atoms with Crippen LogP contribution >= 0.6 is 11.8 Å². The standard InChI is InChI=1S/C14H18N2OS/c1-12(14(17)16(2)10-6-9-15)18-11-13-7-4-3-5-8-13/h3-5,7-8,12H,6,10-11H2,1-2H3. The molecule has 0 bridgehead atoms. The smallest absolute Gasteiger partial charge is 0.235 e. The van der Waals surface area contributed by atoms with Crippen molar-refractivity contribution in [2.24, 2.45) is 0 Å². The molecule has 0 fully saturated rings. The van der Waals surface area contributed by atoms with E-state index in [9.17, 15) is 4.79 Å². The molecule has 3 nitrogen and oxygen atoms in total. The Morgan fingerprint density at radius 1 is 1.44 bits per heavy atom. The number of nitrogens with zero attached hydrogens (tertiary/aromatic N) is 2. The summed E-state index contributed by atoms with van der Waals surface area (Å²) >= 11 is 1.63. The Bertz CT molecular complexity index is 414. The molecule has 0 saturated heterocycles. The predicted molar refractivity (Wildman–Crippen MR) is 75.1 cm³/mol. The van der Waals surface area contributed by atoms with Crippen LogP contribution in [-0.4, -0.2) is 29.6 Å². The molecule has 18 heavy (non-hydrogen) atoms. The third-order valence-corrected chi connectivity index (χ3v) is 3.83. The van der Waals surface area contributed by atoms with Gasteiger partial charge in [-0.1, -0.05) is 30.3 Å². The number of thioether (sulfide) groups is 1. The molecule has 4 heteroatoms. The van der Waals surface area contributed by atoms with E-state index in [4.69, 9.17) is 5.26 Å². The fourth-order valence-corrected chi connectivity index (χ4v) is 2.46. The highest BCUT2D eigenvalue weighted by Crippen LogP contribution is 2.18. The first-order valence-electron chi connectivity index (χ1n) is 5.92. The first-order valence-corrected chi connectivity index (χ1v) is 6.97. The Morgan fingerprint density at radius 2 is 2.11 bits per heavy atom. The van der Waals surface area contributed by atoms with Crippen LogP contribution in [0.3, 0.4) is 0 Å². The minimum atomic E-state index is -0.0751. The SMILES string of the molecule is CC(SCc1ccccc1)C(=O)N(C)CCC#N. The van der Waals surface area contributed by atoms with E-state index in [1.807, 2.05) is 31.2 Å². The van der Waals surface area contributed by atoms with Crippen molar-refractivity contribution in [1.82, 2.24) is 4.90 Å². The molecule has 0 aliphatic heterocycles. The largest absolute Gasteiger partial charge is 0.344 e. The molecule has 0 aromatic heterocycles. The number of rotatable bonds is 6. The molecule has 0 spiro atoms. The minimum Gasteiger partial charge on any atom is -0.344 e. The summed E-state index contributed by atoms with van der Waals surface area (Å²) in [6.45, 7) is 2.42. The van der Waals surface area contributed by atoms with Gasteiger partial charge in [-0.15, -0.1) is 11.8 Å². The molecule has 1 atom stereocenters. The zero-order valence-electron chi connectivity index (χ0n) is 10.8. The van der Waals surface area contributed by atoms with Crippen molar-refractivity contribution >= 4 is 17.7 Å².